The molecule has 0 aromatic carbocycles. The standard InChI is InChI=1S/C12H16BrN3O/c13-10-5-9(6-14-7-10)12(17)16-8-11-3-1-2-4-15-11/h5-7,11,15H,1-4,8H2,(H,16,17). The van der Waals surface area contributed by atoms with Crippen LogP contribution in [0.2, 0.25) is 0 Å². The number of hydrogen-bond acceptors (Lipinski definition) is 3. The monoisotopic (exact) mass is 297 g/mol. The number of carbonyl (C=O) groups excluding carboxylic acids is 1. The van der Waals surface area contributed by atoms with Crippen molar-refractivity contribution in [1.29, 1.82) is 0 Å². The average molecular weight is 298 g/mol. The zero-order valence-corrected chi connectivity index (χ0v) is 11.2. The van der Waals surface area contributed by atoms with E-state index < -0.39 is 0 Å². The van der Waals surface area contributed by atoms with Crippen molar-refractivity contribution >= 4 is 21.8 Å². The molecular weight excluding hydrogens is 282 g/mol. The van der Waals surface area contributed by atoms with Gasteiger partial charge in [0, 0.05) is 29.5 Å². The first-order valence-corrected chi connectivity index (χ1v) is 6.67. The number of rotatable bonds is 3. The zero-order valence-electron chi connectivity index (χ0n) is 9.58. The van der Waals surface area contributed by atoms with Crippen LogP contribution in [0.4, 0.5) is 0 Å². The molecule has 0 saturated carbocycles. The van der Waals surface area contributed by atoms with Gasteiger partial charge in [0.1, 0.15) is 0 Å². The van der Waals surface area contributed by atoms with Crippen LogP contribution in [-0.2, 0) is 0 Å². The van der Waals surface area contributed by atoms with E-state index in [1.165, 1.54) is 12.8 Å². The lowest BCUT2D eigenvalue weighted by Crippen LogP contribution is -2.43. The molecule has 1 aliphatic heterocycles. The van der Waals surface area contributed by atoms with Gasteiger partial charge in [0.25, 0.3) is 5.91 Å². The fraction of sp³-hybridized carbons (Fsp3) is 0.500. The van der Waals surface area contributed by atoms with Crippen molar-refractivity contribution in [2.75, 3.05) is 13.1 Å². The number of hydrogen-bond donors (Lipinski definition) is 2. The summed E-state index contributed by atoms with van der Waals surface area (Å²) < 4.78 is 0.820. The van der Waals surface area contributed by atoms with Gasteiger partial charge in [-0.3, -0.25) is 9.78 Å². The smallest absolute Gasteiger partial charge is 0.252 e. The Kier molecular flexibility index (Phi) is 4.50. The summed E-state index contributed by atoms with van der Waals surface area (Å²) in [5.74, 6) is -0.0637. The number of piperidine rings is 1. The molecule has 2 N–H and O–H groups in total. The molecule has 5 heteroatoms. The van der Waals surface area contributed by atoms with Gasteiger partial charge >= 0.3 is 0 Å². The van der Waals surface area contributed by atoms with Crippen LogP contribution in [0.3, 0.4) is 0 Å². The molecule has 4 nitrogen and oxygen atoms in total. The molecule has 0 aliphatic carbocycles. The van der Waals surface area contributed by atoms with Crippen molar-refractivity contribution in [2.45, 2.75) is 25.3 Å². The maximum Gasteiger partial charge on any atom is 0.252 e. The van der Waals surface area contributed by atoms with Gasteiger partial charge < -0.3 is 10.6 Å². The summed E-state index contributed by atoms with van der Waals surface area (Å²) in [5.41, 5.74) is 0.593. The fourth-order valence-electron chi connectivity index (χ4n) is 1.95. The molecule has 1 atom stereocenters. The Labute approximate surface area is 109 Å². The molecule has 1 saturated heterocycles. The van der Waals surface area contributed by atoms with Crippen molar-refractivity contribution in [3.8, 4) is 0 Å². The Bertz CT molecular complexity index is 391. The summed E-state index contributed by atoms with van der Waals surface area (Å²) in [6, 6.07) is 2.18. The van der Waals surface area contributed by atoms with E-state index in [2.05, 4.69) is 31.5 Å². The second kappa shape index (κ2) is 6.12. The summed E-state index contributed by atoms with van der Waals surface area (Å²) in [5, 5.41) is 6.33. The van der Waals surface area contributed by atoms with Gasteiger partial charge in [0.15, 0.2) is 0 Å². The molecule has 2 rings (SSSR count). The van der Waals surface area contributed by atoms with Crippen LogP contribution in [0.5, 0.6) is 0 Å². The number of amides is 1. The predicted molar refractivity (Wildman–Crippen MR) is 69.9 cm³/mol. The number of halogens is 1. The molecule has 1 fully saturated rings. The highest BCUT2D eigenvalue weighted by Gasteiger charge is 2.14. The third-order valence-electron chi connectivity index (χ3n) is 2.89. The van der Waals surface area contributed by atoms with Gasteiger partial charge in [-0.25, -0.2) is 0 Å². The molecule has 92 valence electrons. The zero-order chi connectivity index (χ0) is 12.1. The van der Waals surface area contributed by atoms with Gasteiger partial charge in [0.2, 0.25) is 0 Å². The average Bonchev–Trinajstić information content (AvgIpc) is 2.37. The van der Waals surface area contributed by atoms with Crippen LogP contribution in [0.15, 0.2) is 22.9 Å². The summed E-state index contributed by atoms with van der Waals surface area (Å²) in [6.07, 6.45) is 6.86. The second-order valence-corrected chi connectivity index (χ2v) is 5.16. The van der Waals surface area contributed by atoms with Crippen LogP contribution in [0.25, 0.3) is 0 Å². The van der Waals surface area contributed by atoms with Crippen molar-refractivity contribution < 1.29 is 4.79 Å². The van der Waals surface area contributed by atoms with Crippen molar-refractivity contribution in [1.82, 2.24) is 15.6 Å². The van der Waals surface area contributed by atoms with Crippen LogP contribution >= 0.6 is 15.9 Å². The first kappa shape index (κ1) is 12.5. The van der Waals surface area contributed by atoms with Crippen LogP contribution in [0, 0.1) is 0 Å². The SMILES string of the molecule is O=C(NCC1CCCCN1)c1cncc(Br)c1. The Morgan fingerprint density at radius 1 is 1.53 bits per heavy atom. The molecule has 2 heterocycles. The van der Waals surface area contributed by atoms with Crippen molar-refractivity contribution in [2.24, 2.45) is 0 Å². The van der Waals surface area contributed by atoms with E-state index in [0.29, 0.717) is 18.2 Å². The highest BCUT2D eigenvalue weighted by atomic mass is 79.9. The number of nitrogens with zero attached hydrogens (tertiary/aromatic N) is 1. The van der Waals surface area contributed by atoms with Crippen LogP contribution in [0.1, 0.15) is 29.6 Å². The highest BCUT2D eigenvalue weighted by Crippen LogP contribution is 2.10. The number of carbonyl (C=O) groups is 1. The highest BCUT2D eigenvalue weighted by molar-refractivity contribution is 9.10. The summed E-state index contributed by atoms with van der Waals surface area (Å²) in [6.45, 7) is 1.74. The Hall–Kier alpha value is -0.940. The summed E-state index contributed by atoms with van der Waals surface area (Å²) in [4.78, 5) is 15.8. The van der Waals surface area contributed by atoms with Crippen LogP contribution in [-0.4, -0.2) is 30.0 Å². The Balaban J connectivity index is 1.84. The molecular formula is C12H16BrN3O. The van der Waals surface area contributed by atoms with Crippen molar-refractivity contribution in [3.05, 3.63) is 28.5 Å². The lowest BCUT2D eigenvalue weighted by molar-refractivity contribution is 0.0947. The lowest BCUT2D eigenvalue weighted by Gasteiger charge is -2.23. The lowest BCUT2D eigenvalue weighted by atomic mass is 10.1. The molecule has 0 spiro atoms. The minimum Gasteiger partial charge on any atom is -0.350 e. The van der Waals surface area contributed by atoms with Gasteiger partial charge in [-0.1, -0.05) is 6.42 Å². The number of pyridine rings is 1. The fourth-order valence-corrected chi connectivity index (χ4v) is 2.32. The maximum atomic E-state index is 11.8. The third kappa shape index (κ3) is 3.78. The largest absolute Gasteiger partial charge is 0.350 e. The van der Waals surface area contributed by atoms with E-state index in [1.54, 1.807) is 18.5 Å². The van der Waals surface area contributed by atoms with E-state index in [4.69, 9.17) is 0 Å². The topological polar surface area (TPSA) is 54.0 Å². The quantitative estimate of drug-likeness (QED) is 0.893. The molecule has 0 radical (unpaired) electrons. The van der Waals surface area contributed by atoms with Gasteiger partial charge in [0.05, 0.1) is 5.56 Å². The van der Waals surface area contributed by atoms with Crippen LogP contribution < -0.4 is 10.6 Å². The molecule has 17 heavy (non-hydrogen) atoms. The Morgan fingerprint density at radius 3 is 3.12 bits per heavy atom. The first-order chi connectivity index (χ1) is 8.25. The van der Waals surface area contributed by atoms with Gasteiger partial charge in [-0.05, 0) is 41.4 Å². The number of nitrogens with one attached hydrogen (secondary N) is 2. The number of aromatic nitrogens is 1. The molecule has 1 aromatic heterocycles. The first-order valence-electron chi connectivity index (χ1n) is 5.88. The maximum absolute atomic E-state index is 11.8. The van der Waals surface area contributed by atoms with Crippen molar-refractivity contribution in [3.63, 3.8) is 0 Å². The van der Waals surface area contributed by atoms with Gasteiger partial charge in [-0.15, -0.1) is 0 Å². The molecule has 1 unspecified atom stereocenters. The molecule has 1 amide bonds. The van der Waals surface area contributed by atoms with E-state index in [1.807, 2.05) is 0 Å². The summed E-state index contributed by atoms with van der Waals surface area (Å²) in [7, 11) is 0. The summed E-state index contributed by atoms with van der Waals surface area (Å²) >= 11 is 3.30. The molecule has 1 aliphatic rings. The van der Waals surface area contributed by atoms with E-state index in [0.717, 1.165) is 17.4 Å². The minimum absolute atomic E-state index is 0.0637. The minimum atomic E-state index is -0.0637. The van der Waals surface area contributed by atoms with E-state index in [9.17, 15) is 4.79 Å². The third-order valence-corrected chi connectivity index (χ3v) is 3.32. The predicted octanol–water partition coefficient (Wildman–Crippen LogP) is 1.72. The molecule has 1 aromatic rings. The normalized spacial score (nSPS) is 19.9. The van der Waals surface area contributed by atoms with E-state index >= 15 is 0 Å². The Morgan fingerprint density at radius 2 is 2.41 bits per heavy atom. The second-order valence-electron chi connectivity index (χ2n) is 4.25. The molecule has 0 bridgehead atoms. The van der Waals surface area contributed by atoms with Gasteiger partial charge in [-0.2, -0.15) is 0 Å². The van der Waals surface area contributed by atoms with E-state index in [-0.39, 0.29) is 5.91 Å².